The Labute approximate surface area is 114 Å². The lowest BCUT2D eigenvalue weighted by atomic mass is 10.1. The lowest BCUT2D eigenvalue weighted by molar-refractivity contribution is -0.113. The van der Waals surface area contributed by atoms with Gasteiger partial charge >= 0.3 is 0 Å². The quantitative estimate of drug-likeness (QED) is 0.740. The molecule has 0 atom stereocenters. The van der Waals surface area contributed by atoms with Gasteiger partial charge < -0.3 is 4.74 Å². The number of hydrogen-bond donors (Lipinski definition) is 0. The summed E-state index contributed by atoms with van der Waals surface area (Å²) in [6.45, 7) is 0.753. The first kappa shape index (κ1) is 11.9. The zero-order chi connectivity index (χ0) is 12.5. The van der Waals surface area contributed by atoms with Crippen molar-refractivity contribution < 1.29 is 9.53 Å². The molecule has 0 bridgehead atoms. The molecule has 2 aliphatic heterocycles. The van der Waals surface area contributed by atoms with Gasteiger partial charge in [-0.25, -0.2) is 0 Å². The molecule has 0 aromatic heterocycles. The van der Waals surface area contributed by atoms with Crippen LogP contribution in [0.25, 0.3) is 6.08 Å². The summed E-state index contributed by atoms with van der Waals surface area (Å²) in [5.74, 6) is 0.824. The molecule has 0 fully saturated rings. The van der Waals surface area contributed by atoms with Crippen molar-refractivity contribution in [2.24, 2.45) is 4.99 Å². The molecule has 92 valence electrons. The van der Waals surface area contributed by atoms with E-state index in [2.05, 4.69) is 11.1 Å². The number of fused-ring (bicyclic) bond motifs is 1. The van der Waals surface area contributed by atoms with Gasteiger partial charge in [0, 0.05) is 6.42 Å². The van der Waals surface area contributed by atoms with E-state index in [0.29, 0.717) is 4.91 Å². The molecule has 2 heterocycles. The molecule has 3 rings (SSSR count). The van der Waals surface area contributed by atoms with E-state index >= 15 is 0 Å². The van der Waals surface area contributed by atoms with Crippen LogP contribution < -0.4 is 4.74 Å². The van der Waals surface area contributed by atoms with Crippen LogP contribution in [-0.2, 0) is 11.2 Å². The number of ether oxygens (including phenoxy) is 1. The molecular formula is C13H11NO2S2. The zero-order valence-electron chi connectivity index (χ0n) is 9.80. The molecule has 0 spiro atoms. The lowest BCUT2D eigenvalue weighted by Gasteiger charge is -2.00. The predicted octanol–water partition coefficient (Wildman–Crippen LogP) is 2.95. The number of carbonyl (C=O) groups is 1. The van der Waals surface area contributed by atoms with Crippen LogP contribution in [0.2, 0.25) is 0 Å². The van der Waals surface area contributed by atoms with Crippen molar-refractivity contribution in [3.63, 3.8) is 0 Å². The highest BCUT2D eigenvalue weighted by Gasteiger charge is 2.21. The van der Waals surface area contributed by atoms with Crippen LogP contribution in [0, 0.1) is 0 Å². The summed E-state index contributed by atoms with van der Waals surface area (Å²) < 4.78 is 6.28. The van der Waals surface area contributed by atoms with Gasteiger partial charge in [0.2, 0.25) is 0 Å². The molecule has 2 aliphatic rings. The van der Waals surface area contributed by atoms with Crippen LogP contribution in [0.15, 0.2) is 28.1 Å². The molecule has 1 aromatic rings. The molecule has 1 amide bonds. The summed E-state index contributed by atoms with van der Waals surface area (Å²) in [7, 11) is 0. The third-order valence-corrected chi connectivity index (χ3v) is 4.76. The van der Waals surface area contributed by atoms with E-state index in [1.54, 1.807) is 0 Å². The Morgan fingerprint density at radius 3 is 3.17 bits per heavy atom. The average molecular weight is 277 g/mol. The minimum Gasteiger partial charge on any atom is -0.493 e. The normalized spacial score (nSPS) is 19.9. The number of hydrogen-bond acceptors (Lipinski definition) is 4. The summed E-state index contributed by atoms with van der Waals surface area (Å²) >= 11 is 2.94. The summed E-state index contributed by atoms with van der Waals surface area (Å²) in [5, 5.41) is 0. The van der Waals surface area contributed by atoms with Crippen molar-refractivity contribution in [1.29, 1.82) is 0 Å². The summed E-state index contributed by atoms with van der Waals surface area (Å²) in [6.07, 6.45) is 4.77. The van der Waals surface area contributed by atoms with Gasteiger partial charge in [0.25, 0.3) is 5.91 Å². The molecule has 0 unspecified atom stereocenters. The SMILES string of the molecule is CSC1=NC(=O)C(=Cc2ccc3c(c2)CCO3)S1. The van der Waals surface area contributed by atoms with Gasteiger partial charge in [0.1, 0.15) is 10.1 Å². The molecule has 5 heteroatoms. The third kappa shape index (κ3) is 2.20. The van der Waals surface area contributed by atoms with Crippen molar-refractivity contribution in [3.8, 4) is 5.75 Å². The molecule has 0 radical (unpaired) electrons. The second-order valence-corrected chi connectivity index (χ2v) is 6.05. The third-order valence-electron chi connectivity index (χ3n) is 2.79. The highest BCUT2D eigenvalue weighted by molar-refractivity contribution is 8.40. The van der Waals surface area contributed by atoms with Crippen LogP contribution in [0.4, 0.5) is 0 Å². The topological polar surface area (TPSA) is 38.7 Å². The van der Waals surface area contributed by atoms with Crippen molar-refractivity contribution >= 4 is 39.9 Å². The predicted molar refractivity (Wildman–Crippen MR) is 77.2 cm³/mol. The summed E-state index contributed by atoms with van der Waals surface area (Å²) in [4.78, 5) is 16.3. The largest absolute Gasteiger partial charge is 0.493 e. The van der Waals surface area contributed by atoms with E-state index in [4.69, 9.17) is 4.74 Å². The van der Waals surface area contributed by atoms with Crippen molar-refractivity contribution in [2.45, 2.75) is 6.42 Å². The Balaban J connectivity index is 1.87. The monoisotopic (exact) mass is 277 g/mol. The molecular weight excluding hydrogens is 266 g/mol. The maximum atomic E-state index is 11.7. The fourth-order valence-corrected chi connectivity index (χ4v) is 3.35. The van der Waals surface area contributed by atoms with E-state index < -0.39 is 0 Å². The van der Waals surface area contributed by atoms with Crippen LogP contribution in [-0.4, -0.2) is 23.1 Å². The van der Waals surface area contributed by atoms with Gasteiger partial charge in [-0.1, -0.05) is 17.8 Å². The molecule has 0 saturated carbocycles. The minimum atomic E-state index is -0.138. The van der Waals surface area contributed by atoms with Gasteiger partial charge in [-0.15, -0.1) is 11.8 Å². The van der Waals surface area contributed by atoms with Gasteiger partial charge in [-0.05, 0) is 35.6 Å². The Morgan fingerprint density at radius 1 is 1.50 bits per heavy atom. The van der Waals surface area contributed by atoms with E-state index in [1.807, 2.05) is 24.5 Å². The van der Waals surface area contributed by atoms with Gasteiger partial charge in [-0.3, -0.25) is 4.79 Å². The van der Waals surface area contributed by atoms with E-state index in [1.165, 1.54) is 29.1 Å². The fourth-order valence-electron chi connectivity index (χ4n) is 1.92. The standard InChI is InChI=1S/C13H11NO2S2/c1-17-13-14-12(15)11(18-13)7-8-2-3-10-9(6-8)4-5-16-10/h2-3,6-7H,4-5H2,1H3. The highest BCUT2D eigenvalue weighted by Crippen LogP contribution is 2.33. The second-order valence-electron chi connectivity index (χ2n) is 3.96. The number of carbonyl (C=O) groups excluding carboxylic acids is 1. The van der Waals surface area contributed by atoms with Crippen molar-refractivity contribution in [3.05, 3.63) is 34.2 Å². The van der Waals surface area contributed by atoms with Gasteiger partial charge in [-0.2, -0.15) is 4.99 Å². The minimum absolute atomic E-state index is 0.138. The Kier molecular flexibility index (Phi) is 3.18. The van der Waals surface area contributed by atoms with E-state index in [9.17, 15) is 4.79 Å². The number of thioether (sulfide) groups is 2. The summed E-state index contributed by atoms with van der Waals surface area (Å²) in [5.41, 5.74) is 2.25. The number of aliphatic imine (C=N–C) groups is 1. The first-order chi connectivity index (χ1) is 8.76. The van der Waals surface area contributed by atoms with Gasteiger partial charge in [0.05, 0.1) is 11.5 Å². The lowest BCUT2D eigenvalue weighted by Crippen LogP contribution is -1.88. The Hall–Kier alpha value is -1.20. The zero-order valence-corrected chi connectivity index (χ0v) is 11.4. The molecule has 3 nitrogen and oxygen atoms in total. The molecule has 0 saturated heterocycles. The number of amides is 1. The fraction of sp³-hybridized carbons (Fsp3) is 0.231. The van der Waals surface area contributed by atoms with Crippen LogP contribution in [0.1, 0.15) is 11.1 Å². The molecule has 0 aliphatic carbocycles. The second kappa shape index (κ2) is 4.82. The van der Waals surface area contributed by atoms with E-state index in [0.717, 1.165) is 28.7 Å². The summed E-state index contributed by atoms with van der Waals surface area (Å²) in [6, 6.07) is 6.03. The first-order valence-corrected chi connectivity index (χ1v) is 7.62. The molecule has 0 N–H and O–H groups in total. The first-order valence-electron chi connectivity index (χ1n) is 5.58. The molecule has 18 heavy (non-hydrogen) atoms. The Bertz CT molecular complexity index is 578. The Morgan fingerprint density at radius 2 is 2.39 bits per heavy atom. The van der Waals surface area contributed by atoms with Crippen LogP contribution in [0.3, 0.4) is 0 Å². The van der Waals surface area contributed by atoms with Gasteiger partial charge in [0.15, 0.2) is 0 Å². The maximum Gasteiger partial charge on any atom is 0.285 e. The van der Waals surface area contributed by atoms with E-state index in [-0.39, 0.29) is 5.91 Å². The van der Waals surface area contributed by atoms with Crippen molar-refractivity contribution in [1.82, 2.24) is 0 Å². The number of rotatable bonds is 1. The highest BCUT2D eigenvalue weighted by atomic mass is 32.2. The average Bonchev–Trinajstić information content (AvgIpc) is 2.96. The smallest absolute Gasteiger partial charge is 0.285 e. The number of nitrogens with zero attached hydrogens (tertiary/aromatic N) is 1. The molecule has 1 aromatic carbocycles. The number of benzene rings is 1. The van der Waals surface area contributed by atoms with Crippen LogP contribution >= 0.6 is 23.5 Å². The van der Waals surface area contributed by atoms with Crippen LogP contribution in [0.5, 0.6) is 5.75 Å². The maximum absolute atomic E-state index is 11.7. The van der Waals surface area contributed by atoms with Crippen molar-refractivity contribution in [2.75, 3.05) is 12.9 Å².